The number of carbonyl (C=O) groups excluding carboxylic acids is 2. The van der Waals surface area contributed by atoms with Gasteiger partial charge in [-0.1, -0.05) is 18.2 Å². The maximum absolute atomic E-state index is 13.1. The van der Waals surface area contributed by atoms with Gasteiger partial charge in [0.15, 0.2) is 0 Å². The lowest BCUT2D eigenvalue weighted by molar-refractivity contribution is -0.117. The summed E-state index contributed by atoms with van der Waals surface area (Å²) in [7, 11) is 0. The highest BCUT2D eigenvalue weighted by Crippen LogP contribution is 2.19. The molecule has 1 fully saturated rings. The first-order valence-electron chi connectivity index (χ1n) is 9.57. The molecular weight excluding hydrogens is 357 g/mol. The van der Waals surface area contributed by atoms with Gasteiger partial charge in [0.1, 0.15) is 5.82 Å². The van der Waals surface area contributed by atoms with Gasteiger partial charge in [-0.05, 0) is 55.7 Å². The first kappa shape index (κ1) is 20.0. The number of amides is 2. The second-order valence-corrected chi connectivity index (χ2v) is 7.24. The first-order valence-corrected chi connectivity index (χ1v) is 9.57. The highest BCUT2D eigenvalue weighted by Gasteiger charge is 2.21. The number of carbonyl (C=O) groups is 2. The van der Waals surface area contributed by atoms with Crippen molar-refractivity contribution in [2.75, 3.05) is 38.0 Å². The quantitative estimate of drug-likeness (QED) is 0.882. The van der Waals surface area contributed by atoms with Crippen LogP contribution in [0.1, 0.15) is 27.9 Å². The van der Waals surface area contributed by atoms with Gasteiger partial charge in [-0.15, -0.1) is 0 Å². The van der Waals surface area contributed by atoms with Gasteiger partial charge >= 0.3 is 0 Å². The van der Waals surface area contributed by atoms with Crippen LogP contribution in [0.2, 0.25) is 0 Å². The van der Waals surface area contributed by atoms with Crippen molar-refractivity contribution in [2.24, 2.45) is 0 Å². The van der Waals surface area contributed by atoms with Crippen LogP contribution in [0.15, 0.2) is 42.5 Å². The van der Waals surface area contributed by atoms with Crippen LogP contribution in [0, 0.1) is 19.7 Å². The summed E-state index contributed by atoms with van der Waals surface area (Å²) in [5, 5.41) is 3.01. The van der Waals surface area contributed by atoms with E-state index in [0.717, 1.165) is 29.8 Å². The lowest BCUT2D eigenvalue weighted by atomic mass is 10.1. The minimum Gasteiger partial charge on any atom is -0.337 e. The molecule has 0 bridgehead atoms. The maximum atomic E-state index is 13.1. The lowest BCUT2D eigenvalue weighted by Gasteiger charge is -2.22. The number of anilines is 1. The van der Waals surface area contributed by atoms with Gasteiger partial charge < -0.3 is 10.2 Å². The molecule has 0 aliphatic carbocycles. The van der Waals surface area contributed by atoms with Gasteiger partial charge in [-0.3, -0.25) is 14.5 Å². The van der Waals surface area contributed by atoms with Crippen molar-refractivity contribution in [1.29, 1.82) is 0 Å². The lowest BCUT2D eigenvalue weighted by Crippen LogP contribution is -2.38. The van der Waals surface area contributed by atoms with Crippen molar-refractivity contribution in [2.45, 2.75) is 20.3 Å². The highest BCUT2D eigenvalue weighted by molar-refractivity contribution is 5.94. The van der Waals surface area contributed by atoms with Crippen LogP contribution >= 0.6 is 0 Å². The van der Waals surface area contributed by atoms with E-state index < -0.39 is 0 Å². The van der Waals surface area contributed by atoms with E-state index in [2.05, 4.69) is 10.2 Å². The van der Waals surface area contributed by atoms with E-state index in [1.807, 2.05) is 32.0 Å². The van der Waals surface area contributed by atoms with E-state index in [1.165, 1.54) is 24.3 Å². The van der Waals surface area contributed by atoms with E-state index in [-0.39, 0.29) is 17.6 Å². The van der Waals surface area contributed by atoms with Crippen molar-refractivity contribution in [3.05, 3.63) is 65.0 Å². The van der Waals surface area contributed by atoms with Gasteiger partial charge in [0.05, 0.1) is 6.54 Å². The summed E-state index contributed by atoms with van der Waals surface area (Å²) in [5.41, 5.74) is 3.44. The summed E-state index contributed by atoms with van der Waals surface area (Å²) in [6, 6.07) is 11.6. The summed E-state index contributed by atoms with van der Waals surface area (Å²) >= 11 is 0. The Bertz CT molecular complexity index is 831. The van der Waals surface area contributed by atoms with E-state index in [4.69, 9.17) is 0 Å². The molecule has 1 aliphatic heterocycles. The van der Waals surface area contributed by atoms with Crippen LogP contribution < -0.4 is 5.32 Å². The fourth-order valence-electron chi connectivity index (χ4n) is 3.50. The minimum absolute atomic E-state index is 0.0456. The van der Waals surface area contributed by atoms with Crippen molar-refractivity contribution in [3.8, 4) is 0 Å². The monoisotopic (exact) mass is 383 g/mol. The molecule has 1 heterocycles. The highest BCUT2D eigenvalue weighted by atomic mass is 19.1. The zero-order valence-corrected chi connectivity index (χ0v) is 16.4. The molecule has 0 radical (unpaired) electrons. The van der Waals surface area contributed by atoms with Crippen LogP contribution in [0.3, 0.4) is 0 Å². The van der Waals surface area contributed by atoms with Crippen molar-refractivity contribution in [3.63, 3.8) is 0 Å². The largest absolute Gasteiger partial charge is 0.337 e. The molecule has 5 nitrogen and oxygen atoms in total. The van der Waals surface area contributed by atoms with Crippen molar-refractivity contribution in [1.82, 2.24) is 9.80 Å². The van der Waals surface area contributed by atoms with Crippen LogP contribution in [0.4, 0.5) is 10.1 Å². The predicted molar refractivity (Wildman–Crippen MR) is 108 cm³/mol. The summed E-state index contributed by atoms with van der Waals surface area (Å²) in [5.74, 6) is -0.494. The van der Waals surface area contributed by atoms with E-state index in [9.17, 15) is 14.0 Å². The van der Waals surface area contributed by atoms with Crippen molar-refractivity contribution < 1.29 is 14.0 Å². The van der Waals surface area contributed by atoms with Gasteiger partial charge in [0, 0.05) is 37.4 Å². The zero-order chi connectivity index (χ0) is 20.1. The van der Waals surface area contributed by atoms with Crippen LogP contribution in [0.25, 0.3) is 0 Å². The van der Waals surface area contributed by atoms with E-state index >= 15 is 0 Å². The zero-order valence-electron chi connectivity index (χ0n) is 16.4. The van der Waals surface area contributed by atoms with Gasteiger partial charge in [-0.2, -0.15) is 0 Å². The number of para-hydroxylation sites is 1. The smallest absolute Gasteiger partial charge is 0.253 e. The number of nitrogens with zero attached hydrogens (tertiary/aromatic N) is 2. The molecule has 1 aliphatic rings. The molecule has 1 saturated heterocycles. The second kappa shape index (κ2) is 8.97. The Balaban J connectivity index is 1.55. The van der Waals surface area contributed by atoms with Gasteiger partial charge in [-0.25, -0.2) is 4.39 Å². The number of hydrogen-bond acceptors (Lipinski definition) is 3. The summed E-state index contributed by atoms with van der Waals surface area (Å²) in [4.78, 5) is 29.0. The van der Waals surface area contributed by atoms with E-state index in [0.29, 0.717) is 31.7 Å². The molecule has 0 atom stereocenters. The second-order valence-electron chi connectivity index (χ2n) is 7.24. The Kier molecular flexibility index (Phi) is 6.41. The molecule has 3 rings (SSSR count). The third-order valence-corrected chi connectivity index (χ3v) is 5.08. The third-order valence-electron chi connectivity index (χ3n) is 5.08. The molecule has 148 valence electrons. The molecule has 28 heavy (non-hydrogen) atoms. The minimum atomic E-state index is -0.353. The molecule has 0 spiro atoms. The molecule has 2 aromatic carbocycles. The summed E-state index contributed by atoms with van der Waals surface area (Å²) in [6.07, 6.45) is 0.795. The average molecular weight is 383 g/mol. The van der Waals surface area contributed by atoms with Gasteiger partial charge in [0.25, 0.3) is 5.91 Å². The molecule has 0 saturated carbocycles. The fourth-order valence-corrected chi connectivity index (χ4v) is 3.50. The van der Waals surface area contributed by atoms with Gasteiger partial charge in [0.2, 0.25) is 5.91 Å². The first-order chi connectivity index (χ1) is 13.4. The molecule has 0 unspecified atom stereocenters. The standard InChI is InChI=1S/C22H26FN3O2/c1-16-5-3-6-17(2)21(16)24-20(27)15-25-11-4-12-26(14-13-25)22(28)18-7-9-19(23)10-8-18/h3,5-10H,4,11-15H2,1-2H3,(H,24,27). The van der Waals surface area contributed by atoms with Crippen LogP contribution in [0.5, 0.6) is 0 Å². The number of benzene rings is 2. The predicted octanol–water partition coefficient (Wildman–Crippen LogP) is 3.23. The average Bonchev–Trinajstić information content (AvgIpc) is 2.90. The molecule has 6 heteroatoms. The van der Waals surface area contributed by atoms with Crippen LogP contribution in [-0.2, 0) is 4.79 Å². The number of nitrogens with one attached hydrogen (secondary N) is 1. The van der Waals surface area contributed by atoms with Crippen molar-refractivity contribution >= 4 is 17.5 Å². The fraction of sp³-hybridized carbons (Fsp3) is 0.364. The number of hydrogen-bond donors (Lipinski definition) is 1. The Hall–Kier alpha value is -2.73. The Morgan fingerprint density at radius 1 is 0.964 bits per heavy atom. The van der Waals surface area contributed by atoms with Crippen LogP contribution in [-0.4, -0.2) is 54.3 Å². The third kappa shape index (κ3) is 4.95. The molecular formula is C22H26FN3O2. The topological polar surface area (TPSA) is 52.7 Å². The number of halogens is 1. The summed E-state index contributed by atoms with van der Waals surface area (Å²) < 4.78 is 13.1. The Morgan fingerprint density at radius 3 is 2.32 bits per heavy atom. The Labute approximate surface area is 165 Å². The molecule has 2 amide bonds. The molecule has 0 aromatic heterocycles. The normalized spacial score (nSPS) is 15.2. The molecule has 1 N–H and O–H groups in total. The Morgan fingerprint density at radius 2 is 1.64 bits per heavy atom. The molecule has 2 aromatic rings. The maximum Gasteiger partial charge on any atom is 0.253 e. The van der Waals surface area contributed by atoms with E-state index in [1.54, 1.807) is 4.90 Å². The SMILES string of the molecule is Cc1cccc(C)c1NC(=O)CN1CCCN(C(=O)c2ccc(F)cc2)CC1. The number of rotatable bonds is 4. The summed E-state index contributed by atoms with van der Waals surface area (Å²) in [6.45, 7) is 6.83. The number of aryl methyl sites for hydroxylation is 2.